The first-order valence-electron chi connectivity index (χ1n) is 8.82. The van der Waals surface area contributed by atoms with E-state index in [9.17, 15) is 4.79 Å². The van der Waals surface area contributed by atoms with Gasteiger partial charge in [-0.3, -0.25) is 4.99 Å². The maximum atomic E-state index is 11.7. The van der Waals surface area contributed by atoms with Crippen molar-refractivity contribution in [1.29, 1.82) is 0 Å². The Morgan fingerprint density at radius 1 is 1.26 bits per heavy atom. The number of piperidine rings is 1. The minimum absolute atomic E-state index is 0.197. The van der Waals surface area contributed by atoms with Gasteiger partial charge < -0.3 is 20.3 Å². The Bertz CT molecular complexity index is 383. The van der Waals surface area contributed by atoms with E-state index in [1.54, 1.807) is 4.90 Å². The fourth-order valence-electron chi connectivity index (χ4n) is 2.44. The maximum absolute atomic E-state index is 11.7. The van der Waals surface area contributed by atoms with Crippen LogP contribution in [0, 0.1) is 5.41 Å². The van der Waals surface area contributed by atoms with Gasteiger partial charge in [0.05, 0.1) is 6.61 Å². The van der Waals surface area contributed by atoms with Crippen molar-refractivity contribution in [2.75, 3.05) is 32.8 Å². The first kappa shape index (κ1) is 19.6. The summed E-state index contributed by atoms with van der Waals surface area (Å²) < 4.78 is 5.05. The van der Waals surface area contributed by atoms with Crippen LogP contribution in [0.3, 0.4) is 0 Å². The Labute approximate surface area is 141 Å². The number of carbonyl (C=O) groups is 1. The van der Waals surface area contributed by atoms with Crippen LogP contribution in [0.5, 0.6) is 0 Å². The molecule has 1 fully saturated rings. The molecule has 2 N–H and O–H groups in total. The van der Waals surface area contributed by atoms with Crippen molar-refractivity contribution in [2.45, 2.75) is 59.9 Å². The highest BCUT2D eigenvalue weighted by molar-refractivity contribution is 5.80. The van der Waals surface area contributed by atoms with Crippen LogP contribution >= 0.6 is 0 Å². The molecule has 134 valence electrons. The predicted octanol–water partition coefficient (Wildman–Crippen LogP) is 2.60. The van der Waals surface area contributed by atoms with E-state index in [1.165, 1.54) is 0 Å². The zero-order valence-corrected chi connectivity index (χ0v) is 15.4. The minimum atomic E-state index is -0.197. The monoisotopic (exact) mass is 326 g/mol. The molecular formula is C17H34N4O2. The number of amides is 1. The largest absolute Gasteiger partial charge is 0.450 e. The summed E-state index contributed by atoms with van der Waals surface area (Å²) in [4.78, 5) is 18.2. The van der Waals surface area contributed by atoms with Crippen molar-refractivity contribution in [2.24, 2.45) is 10.4 Å². The normalized spacial score (nSPS) is 17.1. The first-order valence-corrected chi connectivity index (χ1v) is 8.82. The molecule has 1 rings (SSSR count). The third-order valence-corrected chi connectivity index (χ3v) is 3.84. The highest BCUT2D eigenvalue weighted by Gasteiger charge is 2.24. The molecule has 1 aliphatic heterocycles. The molecule has 0 bridgehead atoms. The van der Waals surface area contributed by atoms with E-state index in [0.717, 1.165) is 51.4 Å². The number of hydrogen-bond acceptors (Lipinski definition) is 3. The Morgan fingerprint density at radius 2 is 1.91 bits per heavy atom. The third-order valence-electron chi connectivity index (χ3n) is 3.84. The number of nitrogens with one attached hydrogen (secondary N) is 2. The smallest absolute Gasteiger partial charge is 0.409 e. The summed E-state index contributed by atoms with van der Waals surface area (Å²) >= 11 is 0. The standard InChI is InChI=1S/C17H34N4O2/c1-6-18-15(19-11-10-17(3,4)5)20-14-8-12-21(13-9-14)16(22)23-7-2/h14H,6-13H2,1-5H3,(H2,18,19,20). The summed E-state index contributed by atoms with van der Waals surface area (Å²) in [6.45, 7) is 14.2. The van der Waals surface area contributed by atoms with Gasteiger partial charge >= 0.3 is 6.09 Å². The van der Waals surface area contributed by atoms with Crippen molar-refractivity contribution in [3.8, 4) is 0 Å². The van der Waals surface area contributed by atoms with Gasteiger partial charge in [-0.25, -0.2) is 4.79 Å². The molecule has 1 aliphatic rings. The van der Waals surface area contributed by atoms with Crippen LogP contribution < -0.4 is 10.6 Å². The van der Waals surface area contributed by atoms with Gasteiger partial charge in [0.1, 0.15) is 0 Å². The maximum Gasteiger partial charge on any atom is 0.409 e. The summed E-state index contributed by atoms with van der Waals surface area (Å²) in [6.07, 6.45) is 2.70. The molecule has 1 heterocycles. The van der Waals surface area contributed by atoms with E-state index in [0.29, 0.717) is 18.1 Å². The average Bonchev–Trinajstić information content (AvgIpc) is 2.47. The van der Waals surface area contributed by atoms with E-state index < -0.39 is 0 Å². The van der Waals surface area contributed by atoms with Gasteiger partial charge in [-0.2, -0.15) is 0 Å². The number of carbonyl (C=O) groups excluding carboxylic acids is 1. The van der Waals surface area contributed by atoms with Gasteiger partial charge in [0.15, 0.2) is 5.96 Å². The Balaban J connectivity index is 2.43. The second-order valence-electron chi connectivity index (χ2n) is 7.18. The first-order chi connectivity index (χ1) is 10.9. The van der Waals surface area contributed by atoms with Crippen LogP contribution in [-0.4, -0.2) is 55.8 Å². The molecule has 1 amide bonds. The molecule has 0 aromatic rings. The lowest BCUT2D eigenvalue weighted by molar-refractivity contribution is 0.0963. The van der Waals surface area contributed by atoms with Crippen LogP contribution in [0.25, 0.3) is 0 Å². The number of aliphatic imine (C=N–C) groups is 1. The van der Waals surface area contributed by atoms with Crippen LogP contribution in [0.1, 0.15) is 53.9 Å². The highest BCUT2D eigenvalue weighted by Crippen LogP contribution is 2.18. The fraction of sp³-hybridized carbons (Fsp3) is 0.882. The second kappa shape index (κ2) is 9.63. The summed E-state index contributed by atoms with van der Waals surface area (Å²) in [7, 11) is 0. The van der Waals surface area contributed by atoms with Gasteiger partial charge in [-0.1, -0.05) is 20.8 Å². The zero-order valence-electron chi connectivity index (χ0n) is 15.4. The molecule has 0 aliphatic carbocycles. The van der Waals surface area contributed by atoms with Crippen molar-refractivity contribution >= 4 is 12.1 Å². The lowest BCUT2D eigenvalue weighted by Gasteiger charge is -2.32. The van der Waals surface area contributed by atoms with Gasteiger partial charge in [0.25, 0.3) is 0 Å². The number of guanidine groups is 1. The molecule has 23 heavy (non-hydrogen) atoms. The summed E-state index contributed by atoms with van der Waals surface area (Å²) in [5.41, 5.74) is 0.297. The Hall–Kier alpha value is -1.46. The van der Waals surface area contributed by atoms with E-state index in [4.69, 9.17) is 4.74 Å². The van der Waals surface area contributed by atoms with Crippen LogP contribution in [0.4, 0.5) is 4.79 Å². The van der Waals surface area contributed by atoms with E-state index in [2.05, 4.69) is 43.3 Å². The molecule has 0 saturated carbocycles. The van der Waals surface area contributed by atoms with Gasteiger partial charge in [-0.05, 0) is 38.5 Å². The molecule has 6 heteroatoms. The van der Waals surface area contributed by atoms with E-state index >= 15 is 0 Å². The van der Waals surface area contributed by atoms with Crippen LogP contribution in [0.2, 0.25) is 0 Å². The van der Waals surface area contributed by atoms with Crippen molar-refractivity contribution < 1.29 is 9.53 Å². The van der Waals surface area contributed by atoms with Crippen molar-refractivity contribution in [3.05, 3.63) is 0 Å². The molecule has 6 nitrogen and oxygen atoms in total. The molecule has 0 aromatic carbocycles. The Morgan fingerprint density at radius 3 is 2.43 bits per heavy atom. The quantitative estimate of drug-likeness (QED) is 0.602. The van der Waals surface area contributed by atoms with Crippen molar-refractivity contribution in [3.63, 3.8) is 0 Å². The molecule has 0 aromatic heterocycles. The van der Waals surface area contributed by atoms with Gasteiger partial charge in [0, 0.05) is 32.2 Å². The molecule has 1 saturated heterocycles. The number of nitrogens with zero attached hydrogens (tertiary/aromatic N) is 2. The molecule has 0 radical (unpaired) electrons. The number of likely N-dealkylation sites (tertiary alicyclic amines) is 1. The summed E-state index contributed by atoms with van der Waals surface area (Å²) in [5.74, 6) is 0.881. The van der Waals surface area contributed by atoms with Gasteiger partial charge in [0.2, 0.25) is 0 Å². The molecule has 0 spiro atoms. The zero-order chi connectivity index (χ0) is 17.3. The number of hydrogen-bond donors (Lipinski definition) is 2. The fourth-order valence-corrected chi connectivity index (χ4v) is 2.44. The molecular weight excluding hydrogens is 292 g/mol. The SMILES string of the molecule is CCNC(=NCCC(C)(C)C)NC1CCN(C(=O)OCC)CC1. The lowest BCUT2D eigenvalue weighted by Crippen LogP contribution is -2.50. The predicted molar refractivity (Wildman–Crippen MR) is 94.8 cm³/mol. The lowest BCUT2D eigenvalue weighted by atomic mass is 9.92. The number of rotatable bonds is 5. The average molecular weight is 326 g/mol. The van der Waals surface area contributed by atoms with Crippen LogP contribution in [0.15, 0.2) is 4.99 Å². The number of ether oxygens (including phenoxy) is 1. The topological polar surface area (TPSA) is 66.0 Å². The van der Waals surface area contributed by atoms with Crippen molar-refractivity contribution in [1.82, 2.24) is 15.5 Å². The molecule has 0 unspecified atom stereocenters. The van der Waals surface area contributed by atoms with Gasteiger partial charge in [-0.15, -0.1) is 0 Å². The third kappa shape index (κ3) is 8.09. The van der Waals surface area contributed by atoms with Crippen LogP contribution in [-0.2, 0) is 4.74 Å². The molecule has 0 atom stereocenters. The Kier molecular flexibility index (Phi) is 8.20. The summed E-state index contributed by atoms with van der Waals surface area (Å²) in [6, 6.07) is 0.355. The minimum Gasteiger partial charge on any atom is -0.450 e. The van der Waals surface area contributed by atoms with E-state index in [-0.39, 0.29) is 6.09 Å². The summed E-state index contributed by atoms with van der Waals surface area (Å²) in [5, 5.41) is 6.80. The highest BCUT2D eigenvalue weighted by atomic mass is 16.6. The van der Waals surface area contributed by atoms with E-state index in [1.807, 2.05) is 6.92 Å². The second-order valence-corrected chi connectivity index (χ2v) is 7.18.